The van der Waals surface area contributed by atoms with Gasteiger partial charge in [0.1, 0.15) is 13.2 Å². The molecule has 67 heavy (non-hydrogen) atoms. The van der Waals surface area contributed by atoms with E-state index in [0.717, 1.165) is 57.8 Å². The van der Waals surface area contributed by atoms with Crippen molar-refractivity contribution in [3.8, 4) is 0 Å². The summed E-state index contributed by atoms with van der Waals surface area (Å²) in [5, 5.41) is 0. The number of unbranched alkanes of at least 4 members (excludes halogenated alkanes) is 43. The minimum Gasteiger partial charge on any atom is -0.462 e. The van der Waals surface area contributed by atoms with Gasteiger partial charge in [0.2, 0.25) is 0 Å². The molecule has 0 aromatic rings. The largest absolute Gasteiger partial charge is 0.462 e. The Bertz CT molecular complexity index is 1040. The van der Waals surface area contributed by atoms with Crippen molar-refractivity contribution in [3.63, 3.8) is 0 Å². The molecule has 0 bridgehead atoms. The summed E-state index contributed by atoms with van der Waals surface area (Å²) in [7, 11) is 0. The second-order valence-corrected chi connectivity index (χ2v) is 20.6. The quantitative estimate of drug-likeness (QED) is 0.0262. The number of hydrogen-bond acceptors (Lipinski definition) is 6. The van der Waals surface area contributed by atoms with Gasteiger partial charge >= 0.3 is 17.9 Å². The second-order valence-electron chi connectivity index (χ2n) is 20.6. The van der Waals surface area contributed by atoms with Gasteiger partial charge in [0.25, 0.3) is 0 Å². The summed E-state index contributed by atoms with van der Waals surface area (Å²) in [4.78, 5) is 38.2. The van der Waals surface area contributed by atoms with Crippen LogP contribution in [-0.4, -0.2) is 37.2 Å². The number of esters is 3. The molecule has 0 aliphatic heterocycles. The number of hydrogen-bond donors (Lipinski definition) is 0. The SMILES string of the molecule is CCCCCCCCC/C=C\CCCCCCCCCC(=O)OCC(COC(=O)CCCCCCCCCCCCCCC)OC(=O)CCCCCCCCCCCCCCCCCCCC. The molecule has 0 aromatic heterocycles. The minimum atomic E-state index is -0.766. The number of carbonyl (C=O) groups excluding carboxylic acids is 3. The predicted molar refractivity (Wildman–Crippen MR) is 289 cm³/mol. The van der Waals surface area contributed by atoms with Gasteiger partial charge in [0.15, 0.2) is 6.10 Å². The number of rotatable bonds is 56. The molecule has 1 unspecified atom stereocenters. The maximum absolute atomic E-state index is 12.9. The lowest BCUT2D eigenvalue weighted by Gasteiger charge is -2.18. The molecule has 1 atom stereocenters. The number of allylic oxidation sites excluding steroid dienone is 2. The lowest BCUT2D eigenvalue weighted by Crippen LogP contribution is -2.30. The van der Waals surface area contributed by atoms with Crippen LogP contribution in [0.2, 0.25) is 0 Å². The minimum absolute atomic E-state index is 0.0651. The third kappa shape index (κ3) is 55.0. The average molecular weight is 946 g/mol. The first-order valence-electron chi connectivity index (χ1n) is 30.2. The molecule has 0 aromatic carbocycles. The summed E-state index contributed by atoms with van der Waals surface area (Å²) >= 11 is 0. The molecule has 0 radical (unpaired) electrons. The maximum atomic E-state index is 12.9. The van der Waals surface area contributed by atoms with Crippen molar-refractivity contribution in [2.75, 3.05) is 13.2 Å². The zero-order valence-corrected chi connectivity index (χ0v) is 45.5. The van der Waals surface area contributed by atoms with E-state index in [1.807, 2.05) is 0 Å². The fourth-order valence-corrected chi connectivity index (χ4v) is 9.21. The van der Waals surface area contributed by atoms with Gasteiger partial charge in [-0.2, -0.15) is 0 Å². The topological polar surface area (TPSA) is 78.9 Å². The van der Waals surface area contributed by atoms with E-state index in [9.17, 15) is 14.4 Å². The lowest BCUT2D eigenvalue weighted by atomic mass is 10.0. The highest BCUT2D eigenvalue weighted by Gasteiger charge is 2.19. The van der Waals surface area contributed by atoms with E-state index in [0.29, 0.717) is 19.3 Å². The molecular weight excluding hydrogens is 829 g/mol. The maximum Gasteiger partial charge on any atom is 0.306 e. The van der Waals surface area contributed by atoms with Gasteiger partial charge in [-0.25, -0.2) is 0 Å². The van der Waals surface area contributed by atoms with E-state index in [4.69, 9.17) is 14.2 Å². The summed E-state index contributed by atoms with van der Waals surface area (Å²) in [6, 6.07) is 0. The highest BCUT2D eigenvalue weighted by Crippen LogP contribution is 2.17. The Hall–Kier alpha value is -1.85. The Morgan fingerprint density at radius 1 is 0.284 bits per heavy atom. The smallest absolute Gasteiger partial charge is 0.306 e. The van der Waals surface area contributed by atoms with Crippen molar-refractivity contribution in [2.45, 2.75) is 348 Å². The molecule has 0 heterocycles. The van der Waals surface area contributed by atoms with E-state index in [1.165, 1.54) is 244 Å². The summed E-state index contributed by atoms with van der Waals surface area (Å²) < 4.78 is 16.9. The molecule has 6 heteroatoms. The third-order valence-corrected chi connectivity index (χ3v) is 13.8. The molecular formula is C61H116O6. The van der Waals surface area contributed by atoms with Crippen LogP contribution >= 0.6 is 0 Å². The molecule has 0 saturated heterocycles. The van der Waals surface area contributed by atoms with Crippen LogP contribution < -0.4 is 0 Å². The summed E-state index contributed by atoms with van der Waals surface area (Å²) in [5.74, 6) is -0.843. The van der Waals surface area contributed by atoms with Gasteiger partial charge in [0.05, 0.1) is 0 Å². The first-order chi connectivity index (χ1) is 33.0. The van der Waals surface area contributed by atoms with E-state index in [2.05, 4.69) is 32.9 Å². The normalized spacial score (nSPS) is 12.0. The Morgan fingerprint density at radius 2 is 0.493 bits per heavy atom. The first kappa shape index (κ1) is 65.1. The standard InChI is InChI=1S/C61H116O6/c1-4-7-10-13-16-19-22-25-27-29-31-33-36-39-42-45-48-51-54-60(63)66-57-58(56-65-59(62)53-50-47-44-41-38-35-24-21-18-15-12-9-6-3)67-61(64)55-52-49-46-43-40-37-34-32-30-28-26-23-20-17-14-11-8-5-2/h27,29,58H,4-26,28,30-57H2,1-3H3/b29-27-. The van der Waals surface area contributed by atoms with E-state index < -0.39 is 6.10 Å². The van der Waals surface area contributed by atoms with Crippen LogP contribution in [0.25, 0.3) is 0 Å². The highest BCUT2D eigenvalue weighted by molar-refractivity contribution is 5.71. The molecule has 0 aliphatic rings. The van der Waals surface area contributed by atoms with E-state index in [-0.39, 0.29) is 31.1 Å². The average Bonchev–Trinajstić information content (AvgIpc) is 3.33. The van der Waals surface area contributed by atoms with Crippen molar-refractivity contribution in [1.82, 2.24) is 0 Å². The summed E-state index contributed by atoms with van der Waals surface area (Å²) in [6.07, 6.45) is 64.9. The van der Waals surface area contributed by atoms with Crippen LogP contribution in [0.1, 0.15) is 342 Å². The Kier molecular flexibility index (Phi) is 55.2. The van der Waals surface area contributed by atoms with Crippen molar-refractivity contribution in [1.29, 1.82) is 0 Å². The van der Waals surface area contributed by atoms with Gasteiger partial charge < -0.3 is 14.2 Å². The van der Waals surface area contributed by atoms with Crippen LogP contribution in [0, 0.1) is 0 Å². The molecule has 0 saturated carbocycles. The summed E-state index contributed by atoms with van der Waals surface area (Å²) in [6.45, 7) is 6.70. The summed E-state index contributed by atoms with van der Waals surface area (Å²) in [5.41, 5.74) is 0. The fourth-order valence-electron chi connectivity index (χ4n) is 9.21. The van der Waals surface area contributed by atoms with Gasteiger partial charge in [-0.1, -0.05) is 290 Å². The monoisotopic (exact) mass is 945 g/mol. The van der Waals surface area contributed by atoms with Gasteiger partial charge in [-0.15, -0.1) is 0 Å². The number of carbonyl (C=O) groups is 3. The Morgan fingerprint density at radius 3 is 0.746 bits per heavy atom. The predicted octanol–water partition coefficient (Wildman–Crippen LogP) is 20.1. The highest BCUT2D eigenvalue weighted by atomic mass is 16.6. The van der Waals surface area contributed by atoms with Crippen molar-refractivity contribution in [3.05, 3.63) is 12.2 Å². The zero-order chi connectivity index (χ0) is 48.6. The first-order valence-corrected chi connectivity index (χ1v) is 30.2. The molecule has 396 valence electrons. The number of ether oxygens (including phenoxy) is 3. The molecule has 0 amide bonds. The third-order valence-electron chi connectivity index (χ3n) is 13.8. The van der Waals surface area contributed by atoms with Crippen molar-refractivity contribution < 1.29 is 28.6 Å². The van der Waals surface area contributed by atoms with E-state index >= 15 is 0 Å². The van der Waals surface area contributed by atoms with E-state index in [1.54, 1.807) is 0 Å². The Balaban J connectivity index is 4.30. The molecule has 0 rings (SSSR count). The molecule has 0 aliphatic carbocycles. The zero-order valence-electron chi connectivity index (χ0n) is 45.5. The lowest BCUT2D eigenvalue weighted by molar-refractivity contribution is -0.167. The van der Waals surface area contributed by atoms with Crippen molar-refractivity contribution in [2.24, 2.45) is 0 Å². The molecule has 6 nitrogen and oxygen atoms in total. The molecule has 0 fully saturated rings. The van der Waals surface area contributed by atoms with Gasteiger partial charge in [0, 0.05) is 19.3 Å². The van der Waals surface area contributed by atoms with Gasteiger partial charge in [-0.3, -0.25) is 14.4 Å². The molecule has 0 N–H and O–H groups in total. The Labute approximate surface area is 418 Å². The van der Waals surface area contributed by atoms with Gasteiger partial charge in [-0.05, 0) is 44.9 Å². The van der Waals surface area contributed by atoms with Crippen LogP contribution in [0.4, 0.5) is 0 Å². The second kappa shape index (κ2) is 56.7. The molecule has 0 spiro atoms. The van der Waals surface area contributed by atoms with Crippen LogP contribution in [0.15, 0.2) is 12.2 Å². The van der Waals surface area contributed by atoms with Crippen LogP contribution in [0.5, 0.6) is 0 Å². The van der Waals surface area contributed by atoms with Crippen LogP contribution in [-0.2, 0) is 28.6 Å². The fraction of sp³-hybridized carbons (Fsp3) is 0.918. The van der Waals surface area contributed by atoms with Crippen LogP contribution in [0.3, 0.4) is 0 Å². The van der Waals surface area contributed by atoms with Crippen molar-refractivity contribution >= 4 is 17.9 Å².